The molecule has 2 heterocycles. The molecule has 1 aromatic heterocycles. The van der Waals surface area contributed by atoms with Crippen molar-refractivity contribution in [2.45, 2.75) is 25.5 Å². The van der Waals surface area contributed by atoms with Crippen molar-refractivity contribution >= 4 is 34.7 Å². The van der Waals surface area contributed by atoms with Crippen LogP contribution in [0.4, 0.5) is 17.1 Å². The Morgan fingerprint density at radius 1 is 1.19 bits per heavy atom. The Balaban J connectivity index is 1.38. The van der Waals surface area contributed by atoms with E-state index in [1.807, 2.05) is 24.3 Å². The first-order chi connectivity index (χ1) is 15.5. The van der Waals surface area contributed by atoms with E-state index in [2.05, 4.69) is 28.9 Å². The number of non-ortho nitro benzene ring substituents is 1. The molecule has 166 valence electrons. The molecule has 1 amide bonds. The number of aromatic nitrogens is 2. The number of benzene rings is 2. The second-order valence-corrected chi connectivity index (χ2v) is 8.17. The van der Waals surface area contributed by atoms with E-state index in [0.29, 0.717) is 24.1 Å². The van der Waals surface area contributed by atoms with E-state index < -0.39 is 4.92 Å². The quantitative estimate of drug-likeness (QED) is 0.284. The average molecular weight is 454 g/mol. The van der Waals surface area contributed by atoms with E-state index >= 15 is 0 Å². The van der Waals surface area contributed by atoms with Gasteiger partial charge in [-0.1, -0.05) is 11.8 Å². The highest BCUT2D eigenvalue weighted by molar-refractivity contribution is 7.99. The molecule has 2 aromatic carbocycles. The van der Waals surface area contributed by atoms with E-state index in [-0.39, 0.29) is 17.3 Å². The molecule has 0 atom stereocenters. The number of thioether (sulfide) groups is 1. The van der Waals surface area contributed by atoms with Gasteiger partial charge in [-0.15, -0.1) is 10.2 Å². The van der Waals surface area contributed by atoms with Gasteiger partial charge in [0.25, 0.3) is 10.9 Å². The van der Waals surface area contributed by atoms with Crippen molar-refractivity contribution in [3.8, 4) is 11.5 Å². The molecule has 1 aliphatic rings. The number of nitro groups is 1. The van der Waals surface area contributed by atoms with Crippen LogP contribution in [0.2, 0.25) is 0 Å². The maximum absolute atomic E-state index is 12.7. The first-order valence-electron chi connectivity index (χ1n) is 10.4. The largest absolute Gasteiger partial charge is 0.411 e. The summed E-state index contributed by atoms with van der Waals surface area (Å²) in [6.45, 7) is 6.60. The van der Waals surface area contributed by atoms with E-state index in [9.17, 15) is 14.9 Å². The highest BCUT2D eigenvalue weighted by Gasteiger charge is 2.26. The number of carbonyl (C=O) groups is 1. The van der Waals surface area contributed by atoms with Gasteiger partial charge in [-0.25, -0.2) is 0 Å². The number of nitrogens with zero attached hydrogens (tertiary/aromatic N) is 5. The highest BCUT2D eigenvalue weighted by atomic mass is 32.2. The molecule has 4 rings (SSSR count). The topological polar surface area (TPSA) is 106 Å². The molecule has 0 saturated heterocycles. The smallest absolute Gasteiger partial charge is 0.277 e. The number of fused-ring (bicyclic) bond motifs is 1. The lowest BCUT2D eigenvalue weighted by Gasteiger charge is -2.20. The number of nitro benzene ring substituents is 1. The lowest BCUT2D eigenvalue weighted by molar-refractivity contribution is -0.384. The minimum absolute atomic E-state index is 0.0379. The van der Waals surface area contributed by atoms with Gasteiger partial charge >= 0.3 is 0 Å². The number of anilines is 2. The fourth-order valence-corrected chi connectivity index (χ4v) is 4.39. The molecule has 0 fully saturated rings. The molecule has 0 aliphatic carbocycles. The first kappa shape index (κ1) is 21.8. The van der Waals surface area contributed by atoms with E-state index in [0.717, 1.165) is 35.6 Å². The summed E-state index contributed by atoms with van der Waals surface area (Å²) in [6.07, 6.45) is 0.599. The van der Waals surface area contributed by atoms with Crippen LogP contribution in [0.5, 0.6) is 0 Å². The molecule has 0 N–H and O–H groups in total. The third-order valence-electron chi connectivity index (χ3n) is 5.44. The maximum atomic E-state index is 12.7. The van der Waals surface area contributed by atoms with Crippen molar-refractivity contribution in [2.75, 3.05) is 35.2 Å². The van der Waals surface area contributed by atoms with Crippen molar-refractivity contribution in [1.82, 2.24) is 10.2 Å². The summed E-state index contributed by atoms with van der Waals surface area (Å²) in [5.41, 5.74) is 3.53. The van der Waals surface area contributed by atoms with Crippen molar-refractivity contribution in [1.29, 1.82) is 0 Å². The van der Waals surface area contributed by atoms with E-state index in [4.69, 9.17) is 4.42 Å². The van der Waals surface area contributed by atoms with Crippen LogP contribution in [0.1, 0.15) is 19.4 Å². The van der Waals surface area contributed by atoms with Gasteiger partial charge in [-0.2, -0.15) is 0 Å². The summed E-state index contributed by atoms with van der Waals surface area (Å²) in [5.74, 6) is 0.440. The summed E-state index contributed by atoms with van der Waals surface area (Å²) < 4.78 is 5.73. The molecule has 0 unspecified atom stereocenters. The van der Waals surface area contributed by atoms with Crippen LogP contribution in [0.15, 0.2) is 52.1 Å². The summed E-state index contributed by atoms with van der Waals surface area (Å²) in [5, 5.41) is 19.4. The van der Waals surface area contributed by atoms with Crippen LogP contribution in [-0.4, -0.2) is 46.4 Å². The Labute approximate surface area is 189 Å². The van der Waals surface area contributed by atoms with Crippen LogP contribution in [0.25, 0.3) is 11.5 Å². The van der Waals surface area contributed by atoms with Crippen molar-refractivity contribution in [3.63, 3.8) is 0 Å². The molecule has 0 bridgehead atoms. The second kappa shape index (κ2) is 9.39. The second-order valence-electron chi connectivity index (χ2n) is 7.25. The Hall–Kier alpha value is -3.40. The molecule has 10 heteroatoms. The van der Waals surface area contributed by atoms with Crippen LogP contribution in [-0.2, 0) is 11.2 Å². The lowest BCUT2D eigenvalue weighted by Crippen LogP contribution is -2.30. The maximum Gasteiger partial charge on any atom is 0.277 e. The predicted molar refractivity (Wildman–Crippen MR) is 123 cm³/mol. The lowest BCUT2D eigenvalue weighted by atomic mass is 10.1. The molecule has 1 aliphatic heterocycles. The van der Waals surface area contributed by atoms with Crippen LogP contribution >= 0.6 is 11.8 Å². The van der Waals surface area contributed by atoms with Gasteiger partial charge in [0.2, 0.25) is 11.8 Å². The molecule has 0 radical (unpaired) electrons. The fourth-order valence-electron chi connectivity index (χ4n) is 3.75. The monoisotopic (exact) mass is 453 g/mol. The summed E-state index contributed by atoms with van der Waals surface area (Å²) >= 11 is 1.18. The number of amides is 1. The zero-order chi connectivity index (χ0) is 22.7. The van der Waals surface area contributed by atoms with Gasteiger partial charge in [-0.3, -0.25) is 14.9 Å². The average Bonchev–Trinajstić information content (AvgIpc) is 3.45. The zero-order valence-corrected chi connectivity index (χ0v) is 18.7. The molecule has 9 nitrogen and oxygen atoms in total. The van der Waals surface area contributed by atoms with E-state index in [1.165, 1.54) is 23.9 Å². The Kier molecular flexibility index (Phi) is 6.40. The summed E-state index contributed by atoms with van der Waals surface area (Å²) in [7, 11) is 0. The number of rotatable bonds is 8. The molecule has 0 saturated carbocycles. The van der Waals surface area contributed by atoms with Crippen molar-refractivity contribution < 1.29 is 14.1 Å². The van der Waals surface area contributed by atoms with Gasteiger partial charge in [0.05, 0.1) is 10.7 Å². The predicted octanol–water partition coefficient (Wildman–Crippen LogP) is 4.17. The van der Waals surface area contributed by atoms with Gasteiger partial charge in [-0.05, 0) is 56.2 Å². The first-order valence-corrected chi connectivity index (χ1v) is 11.4. The van der Waals surface area contributed by atoms with Crippen LogP contribution in [0.3, 0.4) is 0 Å². The SMILES string of the molecule is CCN(CC)c1ccc(-c2nnc(SCC(=O)N3CCc4cc([N+](=O)[O-])ccc43)o2)cc1. The van der Waals surface area contributed by atoms with Gasteiger partial charge in [0, 0.05) is 48.7 Å². The zero-order valence-electron chi connectivity index (χ0n) is 17.9. The van der Waals surface area contributed by atoms with E-state index in [1.54, 1.807) is 11.0 Å². The summed E-state index contributed by atoms with van der Waals surface area (Å²) in [6, 6.07) is 12.5. The molecular formula is C22H23N5O4S. The summed E-state index contributed by atoms with van der Waals surface area (Å²) in [4.78, 5) is 27.1. The third-order valence-corrected chi connectivity index (χ3v) is 6.24. The molecule has 32 heavy (non-hydrogen) atoms. The van der Waals surface area contributed by atoms with Crippen LogP contribution < -0.4 is 9.80 Å². The standard InChI is InChI=1S/C22H23N5O4S/c1-3-25(4-2)17-7-5-15(6-8-17)21-23-24-22(31-21)32-14-20(28)26-12-11-16-13-18(27(29)30)9-10-19(16)26/h5-10,13H,3-4,11-12,14H2,1-2H3. The van der Waals surface area contributed by atoms with Crippen molar-refractivity contribution in [2.24, 2.45) is 0 Å². The highest BCUT2D eigenvalue weighted by Crippen LogP contribution is 2.32. The Morgan fingerprint density at radius 3 is 2.62 bits per heavy atom. The molecule has 3 aromatic rings. The van der Waals surface area contributed by atoms with Gasteiger partial charge < -0.3 is 14.2 Å². The van der Waals surface area contributed by atoms with Crippen LogP contribution in [0, 0.1) is 10.1 Å². The Bertz CT molecular complexity index is 1130. The van der Waals surface area contributed by atoms with Gasteiger partial charge in [0.1, 0.15) is 0 Å². The minimum atomic E-state index is -0.426. The fraction of sp³-hybridized carbons (Fsp3) is 0.318. The third kappa shape index (κ3) is 4.45. The number of hydrogen-bond donors (Lipinski definition) is 0. The molecule has 0 spiro atoms. The molecular weight excluding hydrogens is 430 g/mol. The number of hydrogen-bond acceptors (Lipinski definition) is 8. The van der Waals surface area contributed by atoms with Gasteiger partial charge in [0.15, 0.2) is 0 Å². The normalized spacial score (nSPS) is 12.6. The number of carbonyl (C=O) groups excluding carboxylic acids is 1. The van der Waals surface area contributed by atoms with Crippen molar-refractivity contribution in [3.05, 3.63) is 58.1 Å². The minimum Gasteiger partial charge on any atom is -0.411 e. The Morgan fingerprint density at radius 2 is 1.94 bits per heavy atom.